The number of carbonyl (C=O) groups is 2. The van der Waals surface area contributed by atoms with E-state index >= 15 is 0 Å². The van der Waals surface area contributed by atoms with E-state index in [1.54, 1.807) is 24.5 Å². The minimum absolute atomic E-state index is 0.0172. The molecule has 3 heterocycles. The van der Waals surface area contributed by atoms with Gasteiger partial charge in [0.15, 0.2) is 0 Å². The normalized spacial score (nSPS) is 15.7. The first-order valence-corrected chi connectivity index (χ1v) is 12.3. The molecule has 4 aromatic rings. The monoisotopic (exact) mass is 567 g/mol. The maximum atomic E-state index is 13.9. The van der Waals surface area contributed by atoms with Crippen molar-refractivity contribution in [3.63, 3.8) is 0 Å². The van der Waals surface area contributed by atoms with Crippen LogP contribution >= 0.6 is 15.9 Å². The Labute approximate surface area is 219 Å². The topological polar surface area (TPSA) is 117 Å². The lowest BCUT2D eigenvalue weighted by Gasteiger charge is -2.19. The minimum Gasteiger partial charge on any atom is -0.445 e. The van der Waals surface area contributed by atoms with E-state index in [4.69, 9.17) is 9.57 Å². The van der Waals surface area contributed by atoms with E-state index in [-0.39, 0.29) is 25.7 Å². The number of nitrogens with zero attached hydrogens (tertiary/aromatic N) is 1. The molecule has 0 bridgehead atoms. The number of hydrogen-bond acceptors (Lipinski definition) is 6. The Morgan fingerprint density at radius 1 is 1.22 bits per heavy atom. The molecule has 4 N–H and O–H groups in total. The first-order chi connectivity index (χ1) is 17.9. The highest BCUT2D eigenvalue weighted by Crippen LogP contribution is 2.21. The van der Waals surface area contributed by atoms with Crippen molar-refractivity contribution in [1.29, 1.82) is 0 Å². The smallest absolute Gasteiger partial charge is 0.408 e. The first kappa shape index (κ1) is 24.7. The number of para-hydroxylation sites is 1. The summed E-state index contributed by atoms with van der Waals surface area (Å²) in [4.78, 5) is 38.5. The quantitative estimate of drug-likeness (QED) is 0.239. The molecule has 2 atom stereocenters. The zero-order chi connectivity index (χ0) is 25.8. The predicted octanol–water partition coefficient (Wildman–Crippen LogP) is 3.95. The Morgan fingerprint density at radius 2 is 2.08 bits per heavy atom. The van der Waals surface area contributed by atoms with Crippen LogP contribution in [-0.4, -0.2) is 40.7 Å². The number of aromatic nitrogens is 2. The van der Waals surface area contributed by atoms with Crippen LogP contribution in [0.5, 0.6) is 0 Å². The number of fused-ring (bicyclic) bond motifs is 2. The highest BCUT2D eigenvalue weighted by atomic mass is 79.9. The van der Waals surface area contributed by atoms with Gasteiger partial charge in [-0.3, -0.25) is 20.1 Å². The van der Waals surface area contributed by atoms with E-state index in [2.05, 4.69) is 42.0 Å². The summed E-state index contributed by atoms with van der Waals surface area (Å²) < 4.78 is 19.9. The molecule has 0 aliphatic carbocycles. The van der Waals surface area contributed by atoms with Gasteiger partial charge in [-0.15, -0.1) is 0 Å². The van der Waals surface area contributed by atoms with Gasteiger partial charge in [0.05, 0.1) is 12.1 Å². The summed E-state index contributed by atoms with van der Waals surface area (Å²) in [5.41, 5.74) is 5.60. The number of carbonyl (C=O) groups excluding carboxylic acids is 2. The van der Waals surface area contributed by atoms with Gasteiger partial charge >= 0.3 is 6.09 Å². The number of benzene rings is 2. The Hall–Kier alpha value is -3.96. The van der Waals surface area contributed by atoms with Gasteiger partial charge in [-0.05, 0) is 57.9 Å². The number of ether oxygens (including phenoxy) is 1. The van der Waals surface area contributed by atoms with Crippen LogP contribution in [0.4, 0.5) is 9.18 Å². The highest BCUT2D eigenvalue weighted by Gasteiger charge is 2.25. The molecule has 0 radical (unpaired) electrons. The molecule has 2 unspecified atom stereocenters. The average Bonchev–Trinajstić information content (AvgIpc) is 3.50. The van der Waals surface area contributed by atoms with E-state index in [1.165, 1.54) is 12.1 Å². The lowest BCUT2D eigenvalue weighted by Crippen LogP contribution is -2.49. The number of nitrogens with one attached hydrogen (secondary N) is 4. The lowest BCUT2D eigenvalue weighted by molar-refractivity contribution is -0.123. The van der Waals surface area contributed by atoms with Crippen LogP contribution in [0.25, 0.3) is 21.8 Å². The third-order valence-corrected chi connectivity index (χ3v) is 6.32. The van der Waals surface area contributed by atoms with Crippen LogP contribution < -0.4 is 16.1 Å². The van der Waals surface area contributed by atoms with E-state index in [1.807, 2.05) is 30.3 Å². The van der Waals surface area contributed by atoms with Gasteiger partial charge in [-0.25, -0.2) is 9.18 Å². The van der Waals surface area contributed by atoms with Gasteiger partial charge in [0.25, 0.3) is 0 Å². The second kappa shape index (κ2) is 11.0. The number of pyridine rings is 1. The van der Waals surface area contributed by atoms with Crippen LogP contribution in [0, 0.1) is 5.82 Å². The van der Waals surface area contributed by atoms with Crippen molar-refractivity contribution >= 4 is 49.7 Å². The van der Waals surface area contributed by atoms with Crippen LogP contribution in [0.3, 0.4) is 0 Å². The molecule has 1 aliphatic heterocycles. The fourth-order valence-electron chi connectivity index (χ4n) is 4.07. The Balaban J connectivity index is 1.27. The molecule has 2 aromatic heterocycles. The van der Waals surface area contributed by atoms with E-state index in [0.717, 1.165) is 16.4 Å². The summed E-state index contributed by atoms with van der Waals surface area (Å²) in [6, 6.07) is 12.9. The summed E-state index contributed by atoms with van der Waals surface area (Å²) in [6.45, 7) is 0.163. The molecule has 5 rings (SSSR count). The van der Waals surface area contributed by atoms with Crippen molar-refractivity contribution in [3.05, 3.63) is 88.6 Å². The molecular weight excluding hydrogens is 545 g/mol. The molecule has 0 saturated carbocycles. The van der Waals surface area contributed by atoms with Crippen LogP contribution in [-0.2, 0) is 27.4 Å². The molecule has 37 heavy (non-hydrogen) atoms. The van der Waals surface area contributed by atoms with Crippen molar-refractivity contribution in [2.24, 2.45) is 0 Å². The van der Waals surface area contributed by atoms with Crippen molar-refractivity contribution in [3.8, 4) is 0 Å². The zero-order valence-electron chi connectivity index (χ0n) is 19.5. The number of rotatable bonds is 8. The lowest BCUT2D eigenvalue weighted by atomic mass is 10.0. The van der Waals surface area contributed by atoms with Crippen molar-refractivity contribution in [1.82, 2.24) is 26.1 Å². The molecule has 0 fully saturated rings. The number of amides is 2. The summed E-state index contributed by atoms with van der Waals surface area (Å²) in [5.74, 6) is -0.830. The van der Waals surface area contributed by atoms with Gasteiger partial charge in [-0.1, -0.05) is 18.2 Å². The van der Waals surface area contributed by atoms with Crippen LogP contribution in [0.15, 0.2) is 71.6 Å². The zero-order valence-corrected chi connectivity index (χ0v) is 21.0. The third-order valence-electron chi connectivity index (χ3n) is 5.90. The van der Waals surface area contributed by atoms with Gasteiger partial charge in [-0.2, -0.15) is 0 Å². The molecule has 9 nitrogen and oxygen atoms in total. The van der Waals surface area contributed by atoms with Gasteiger partial charge in [0.1, 0.15) is 29.2 Å². The predicted molar refractivity (Wildman–Crippen MR) is 139 cm³/mol. The van der Waals surface area contributed by atoms with Gasteiger partial charge in [0.2, 0.25) is 5.91 Å². The van der Waals surface area contributed by atoms with Crippen molar-refractivity contribution in [2.75, 3.05) is 6.54 Å². The number of aromatic amines is 1. The summed E-state index contributed by atoms with van der Waals surface area (Å²) in [6.07, 6.45) is 4.07. The van der Waals surface area contributed by atoms with Crippen molar-refractivity contribution < 1.29 is 23.6 Å². The maximum Gasteiger partial charge on any atom is 0.408 e. The van der Waals surface area contributed by atoms with E-state index < -0.39 is 23.9 Å². The molecule has 1 aliphatic rings. The number of hydroxylamine groups is 1. The molecule has 0 saturated heterocycles. The highest BCUT2D eigenvalue weighted by molar-refractivity contribution is 9.11. The maximum absolute atomic E-state index is 13.9. The van der Waals surface area contributed by atoms with Crippen LogP contribution in [0.1, 0.15) is 11.1 Å². The molecule has 11 heteroatoms. The number of halogens is 2. The SMILES string of the molecule is O=C(NC(Cc1c[nH]c2ccc(F)cc12)C(=O)NCC1C=C(Br)NO1)OCc1cnc2ccccc2c1. The standard InChI is InChI=1S/C26H23BrFN5O4/c27-24-10-19(37-33-24)13-31-25(34)23(8-17-12-30-22-6-5-18(28)9-20(17)22)32-26(35)36-14-15-7-16-3-1-2-4-21(16)29-11-15/h1-7,9-12,19,23,30,33H,8,13-14H2,(H,31,34)(H,32,35). The minimum atomic E-state index is -0.980. The largest absolute Gasteiger partial charge is 0.445 e. The van der Waals surface area contributed by atoms with Crippen molar-refractivity contribution in [2.45, 2.75) is 25.2 Å². The molecule has 190 valence electrons. The molecule has 2 amide bonds. The fraction of sp³-hybridized carbons (Fsp3) is 0.192. The molecule has 0 spiro atoms. The summed E-state index contributed by atoms with van der Waals surface area (Å²) in [5, 5.41) is 6.98. The van der Waals surface area contributed by atoms with E-state index in [9.17, 15) is 14.0 Å². The summed E-state index contributed by atoms with van der Waals surface area (Å²) >= 11 is 3.27. The molecule has 2 aromatic carbocycles. The first-order valence-electron chi connectivity index (χ1n) is 11.5. The third kappa shape index (κ3) is 6.07. The van der Waals surface area contributed by atoms with Crippen LogP contribution in [0.2, 0.25) is 0 Å². The Bertz CT molecular complexity index is 1490. The number of alkyl carbamates (subject to hydrolysis) is 1. The van der Waals surface area contributed by atoms with Gasteiger partial charge in [0, 0.05) is 40.7 Å². The number of H-pyrrole nitrogens is 1. The summed E-state index contributed by atoms with van der Waals surface area (Å²) in [7, 11) is 0. The molecular formula is C26H23BrFN5O4. The second-order valence-corrected chi connectivity index (χ2v) is 9.39. The Kier molecular flexibility index (Phi) is 7.33. The van der Waals surface area contributed by atoms with Gasteiger partial charge < -0.3 is 20.4 Å². The average molecular weight is 568 g/mol. The second-order valence-electron chi connectivity index (χ2n) is 8.54. The number of hydrogen-bond donors (Lipinski definition) is 4. The van der Waals surface area contributed by atoms with E-state index in [0.29, 0.717) is 21.1 Å². The Morgan fingerprint density at radius 3 is 2.92 bits per heavy atom. The fourth-order valence-corrected chi connectivity index (χ4v) is 4.45.